The lowest BCUT2D eigenvalue weighted by atomic mass is 10.1. The highest BCUT2D eigenvalue weighted by Gasteiger charge is 2.11. The second-order valence-electron chi connectivity index (χ2n) is 5.15. The summed E-state index contributed by atoms with van der Waals surface area (Å²) in [6.07, 6.45) is 3.39. The van der Waals surface area contributed by atoms with E-state index in [9.17, 15) is 0 Å². The van der Waals surface area contributed by atoms with E-state index in [1.807, 2.05) is 18.2 Å². The molecule has 0 saturated heterocycles. The Labute approximate surface area is 121 Å². The molecule has 20 heavy (non-hydrogen) atoms. The Morgan fingerprint density at radius 1 is 1.15 bits per heavy atom. The molecule has 2 rings (SSSR count). The summed E-state index contributed by atoms with van der Waals surface area (Å²) in [5.74, 6) is 0.906. The number of nitrogens with one attached hydrogen (secondary N) is 1. The summed E-state index contributed by atoms with van der Waals surface area (Å²) in [5, 5.41) is 8.67. The van der Waals surface area contributed by atoms with E-state index in [0.29, 0.717) is 0 Å². The van der Waals surface area contributed by atoms with Gasteiger partial charge in [0.1, 0.15) is 5.75 Å². The minimum atomic E-state index is 0.906. The molecule has 1 heterocycles. The van der Waals surface area contributed by atoms with Crippen molar-refractivity contribution in [2.45, 2.75) is 33.1 Å². The standard InChI is InChI=1S/C16H25N3O/c1-4-10-19(11-5-2)12-9-14-16-13(17-18-14)7-6-8-15(16)20-3/h6-8H,4-5,9-12H2,1-3H3,(H,17,18). The minimum absolute atomic E-state index is 0.906. The highest BCUT2D eigenvalue weighted by atomic mass is 16.5. The van der Waals surface area contributed by atoms with E-state index in [0.717, 1.165) is 42.7 Å². The first-order chi connectivity index (χ1) is 9.80. The highest BCUT2D eigenvalue weighted by molar-refractivity contribution is 5.87. The molecule has 4 heteroatoms. The van der Waals surface area contributed by atoms with Crippen LogP contribution in [0, 0.1) is 0 Å². The van der Waals surface area contributed by atoms with Gasteiger partial charge in [0, 0.05) is 18.7 Å². The summed E-state index contributed by atoms with van der Waals surface area (Å²) in [6.45, 7) is 7.86. The summed E-state index contributed by atoms with van der Waals surface area (Å²) < 4.78 is 5.45. The second-order valence-corrected chi connectivity index (χ2v) is 5.15. The van der Waals surface area contributed by atoms with Crippen LogP contribution in [0.25, 0.3) is 10.9 Å². The third kappa shape index (κ3) is 3.31. The summed E-state index contributed by atoms with van der Waals surface area (Å²) in [4.78, 5) is 2.52. The highest BCUT2D eigenvalue weighted by Crippen LogP contribution is 2.27. The molecule has 0 aliphatic rings. The third-order valence-electron chi connectivity index (χ3n) is 3.59. The lowest BCUT2D eigenvalue weighted by Crippen LogP contribution is -2.27. The van der Waals surface area contributed by atoms with E-state index in [4.69, 9.17) is 4.74 Å². The van der Waals surface area contributed by atoms with Gasteiger partial charge in [-0.25, -0.2) is 0 Å². The van der Waals surface area contributed by atoms with E-state index < -0.39 is 0 Å². The maximum Gasteiger partial charge on any atom is 0.130 e. The molecule has 0 atom stereocenters. The molecule has 0 aliphatic heterocycles. The Morgan fingerprint density at radius 3 is 2.55 bits per heavy atom. The molecule has 0 radical (unpaired) electrons. The van der Waals surface area contributed by atoms with Gasteiger partial charge in [0.15, 0.2) is 0 Å². The van der Waals surface area contributed by atoms with Gasteiger partial charge in [-0.05, 0) is 38.1 Å². The van der Waals surface area contributed by atoms with Crippen molar-refractivity contribution in [3.05, 3.63) is 23.9 Å². The van der Waals surface area contributed by atoms with Gasteiger partial charge < -0.3 is 9.64 Å². The van der Waals surface area contributed by atoms with Gasteiger partial charge in [-0.3, -0.25) is 5.10 Å². The fourth-order valence-electron chi connectivity index (χ4n) is 2.69. The van der Waals surface area contributed by atoms with E-state index >= 15 is 0 Å². The summed E-state index contributed by atoms with van der Waals surface area (Å²) in [6, 6.07) is 6.00. The number of methoxy groups -OCH3 is 1. The summed E-state index contributed by atoms with van der Waals surface area (Å²) in [5.41, 5.74) is 2.16. The zero-order valence-corrected chi connectivity index (χ0v) is 12.8. The first kappa shape index (κ1) is 14.9. The van der Waals surface area contributed by atoms with Gasteiger partial charge >= 0.3 is 0 Å². The number of benzene rings is 1. The van der Waals surface area contributed by atoms with Crippen molar-refractivity contribution in [2.75, 3.05) is 26.7 Å². The van der Waals surface area contributed by atoms with Crippen LogP contribution >= 0.6 is 0 Å². The summed E-state index contributed by atoms with van der Waals surface area (Å²) in [7, 11) is 1.71. The fourth-order valence-corrected chi connectivity index (χ4v) is 2.69. The van der Waals surface area contributed by atoms with Crippen LogP contribution in [0.5, 0.6) is 5.75 Å². The second kappa shape index (κ2) is 7.29. The van der Waals surface area contributed by atoms with Crippen molar-refractivity contribution >= 4 is 10.9 Å². The maximum absolute atomic E-state index is 5.45. The molecule has 4 nitrogen and oxygen atoms in total. The number of H-pyrrole nitrogens is 1. The molecule has 0 saturated carbocycles. The molecule has 0 bridgehead atoms. The van der Waals surface area contributed by atoms with Gasteiger partial charge in [0.25, 0.3) is 0 Å². The van der Waals surface area contributed by atoms with Crippen LogP contribution in [-0.4, -0.2) is 41.8 Å². The number of aromatic nitrogens is 2. The van der Waals surface area contributed by atoms with Crippen molar-refractivity contribution in [2.24, 2.45) is 0 Å². The number of hydrogen-bond acceptors (Lipinski definition) is 3. The Morgan fingerprint density at radius 2 is 1.90 bits per heavy atom. The molecule has 110 valence electrons. The Balaban J connectivity index is 2.13. The molecular weight excluding hydrogens is 250 g/mol. The van der Waals surface area contributed by atoms with Gasteiger partial charge in [0.05, 0.1) is 18.0 Å². The Hall–Kier alpha value is -1.55. The zero-order valence-electron chi connectivity index (χ0n) is 12.8. The predicted molar refractivity (Wildman–Crippen MR) is 83.4 cm³/mol. The zero-order chi connectivity index (χ0) is 14.4. The lowest BCUT2D eigenvalue weighted by Gasteiger charge is -2.20. The average molecular weight is 275 g/mol. The van der Waals surface area contributed by atoms with Crippen LogP contribution in [0.4, 0.5) is 0 Å². The van der Waals surface area contributed by atoms with E-state index in [1.54, 1.807) is 7.11 Å². The molecular formula is C16H25N3O. The van der Waals surface area contributed by atoms with Gasteiger partial charge in [-0.2, -0.15) is 5.10 Å². The quantitative estimate of drug-likeness (QED) is 0.804. The number of aromatic amines is 1. The molecule has 1 aromatic heterocycles. The third-order valence-corrected chi connectivity index (χ3v) is 3.59. The number of fused-ring (bicyclic) bond motifs is 1. The van der Waals surface area contributed by atoms with Crippen molar-refractivity contribution < 1.29 is 4.74 Å². The van der Waals surface area contributed by atoms with Crippen molar-refractivity contribution in [3.63, 3.8) is 0 Å². The largest absolute Gasteiger partial charge is 0.496 e. The van der Waals surface area contributed by atoms with Crippen LogP contribution in [0.3, 0.4) is 0 Å². The smallest absolute Gasteiger partial charge is 0.130 e. The molecule has 0 aliphatic carbocycles. The first-order valence-electron chi connectivity index (χ1n) is 7.52. The van der Waals surface area contributed by atoms with Crippen LogP contribution in [0.2, 0.25) is 0 Å². The summed E-state index contributed by atoms with van der Waals surface area (Å²) >= 11 is 0. The van der Waals surface area contributed by atoms with Gasteiger partial charge in [0.2, 0.25) is 0 Å². The maximum atomic E-state index is 5.45. The molecule has 1 aromatic carbocycles. The normalized spacial score (nSPS) is 11.4. The molecule has 0 amide bonds. The van der Waals surface area contributed by atoms with Gasteiger partial charge in [-0.15, -0.1) is 0 Å². The van der Waals surface area contributed by atoms with Gasteiger partial charge in [-0.1, -0.05) is 19.9 Å². The van der Waals surface area contributed by atoms with Crippen LogP contribution in [0.1, 0.15) is 32.4 Å². The lowest BCUT2D eigenvalue weighted by molar-refractivity contribution is 0.277. The monoisotopic (exact) mass is 275 g/mol. The van der Waals surface area contributed by atoms with E-state index in [2.05, 4.69) is 28.9 Å². The minimum Gasteiger partial charge on any atom is -0.496 e. The van der Waals surface area contributed by atoms with Crippen LogP contribution in [0.15, 0.2) is 18.2 Å². The predicted octanol–water partition coefficient (Wildman–Crippen LogP) is 3.24. The SMILES string of the molecule is CCCN(CCC)CCc1[nH]nc2cccc(OC)c12. The number of rotatable bonds is 8. The fraction of sp³-hybridized carbons (Fsp3) is 0.562. The van der Waals surface area contributed by atoms with Crippen LogP contribution in [-0.2, 0) is 6.42 Å². The molecule has 0 spiro atoms. The molecule has 2 aromatic rings. The number of ether oxygens (including phenoxy) is 1. The Bertz CT molecular complexity index is 530. The van der Waals surface area contributed by atoms with Crippen LogP contribution < -0.4 is 4.74 Å². The van der Waals surface area contributed by atoms with Crippen molar-refractivity contribution in [1.82, 2.24) is 15.1 Å². The topological polar surface area (TPSA) is 41.2 Å². The average Bonchev–Trinajstić information content (AvgIpc) is 2.88. The molecule has 0 fully saturated rings. The van der Waals surface area contributed by atoms with E-state index in [-0.39, 0.29) is 0 Å². The number of hydrogen-bond donors (Lipinski definition) is 1. The van der Waals surface area contributed by atoms with E-state index in [1.165, 1.54) is 18.5 Å². The molecule has 0 unspecified atom stereocenters. The van der Waals surface area contributed by atoms with Crippen molar-refractivity contribution in [1.29, 1.82) is 0 Å². The van der Waals surface area contributed by atoms with Crippen molar-refractivity contribution in [3.8, 4) is 5.75 Å². The number of nitrogens with zero attached hydrogens (tertiary/aromatic N) is 2. The Kier molecular flexibility index (Phi) is 5.41. The first-order valence-corrected chi connectivity index (χ1v) is 7.52. The molecule has 1 N–H and O–H groups in total.